The van der Waals surface area contributed by atoms with Crippen molar-refractivity contribution in [3.63, 3.8) is 0 Å². The SMILES string of the molecule is COC(=O)c1nc(N(C)Cc2scnc2C)sc1C(C)=O. The zero-order chi connectivity index (χ0) is 15.6. The summed E-state index contributed by atoms with van der Waals surface area (Å²) in [4.78, 5) is 35.1. The molecule has 0 aliphatic rings. The topological polar surface area (TPSA) is 72.4 Å². The molecule has 0 amide bonds. The van der Waals surface area contributed by atoms with Gasteiger partial charge in [0.05, 0.1) is 24.9 Å². The van der Waals surface area contributed by atoms with Crippen molar-refractivity contribution in [3.05, 3.63) is 26.7 Å². The first kappa shape index (κ1) is 15.6. The summed E-state index contributed by atoms with van der Waals surface area (Å²) in [7, 11) is 3.14. The number of aromatic nitrogens is 2. The molecular formula is C13H15N3O3S2. The van der Waals surface area contributed by atoms with Crippen LogP contribution >= 0.6 is 22.7 Å². The third-order valence-corrected chi connectivity index (χ3v) is 5.06. The maximum Gasteiger partial charge on any atom is 0.358 e. The Labute approximate surface area is 130 Å². The molecule has 0 radical (unpaired) electrons. The molecule has 0 aliphatic heterocycles. The second kappa shape index (κ2) is 6.31. The zero-order valence-electron chi connectivity index (χ0n) is 12.2. The molecule has 0 unspecified atom stereocenters. The quantitative estimate of drug-likeness (QED) is 0.621. The Hall–Kier alpha value is -1.80. The van der Waals surface area contributed by atoms with Gasteiger partial charge in [-0.3, -0.25) is 4.79 Å². The summed E-state index contributed by atoms with van der Waals surface area (Å²) < 4.78 is 4.67. The van der Waals surface area contributed by atoms with Crippen LogP contribution in [0.25, 0.3) is 0 Å². The van der Waals surface area contributed by atoms with Crippen LogP contribution in [0.1, 0.15) is 37.7 Å². The van der Waals surface area contributed by atoms with E-state index in [4.69, 9.17) is 0 Å². The number of ether oxygens (including phenoxy) is 1. The third kappa shape index (κ3) is 3.27. The number of Topliss-reactive ketones (excluding diaryl/α,β-unsaturated/α-hetero) is 1. The number of carbonyl (C=O) groups excluding carboxylic acids is 2. The Morgan fingerprint density at radius 1 is 1.43 bits per heavy atom. The maximum atomic E-state index is 11.7. The standard InChI is InChI=1S/C13H15N3O3S2/c1-7-9(20-6-14-7)5-16(3)13-15-10(12(18)19-4)11(21-13)8(2)17/h6H,5H2,1-4H3. The van der Waals surface area contributed by atoms with Crippen molar-refractivity contribution in [1.29, 1.82) is 0 Å². The number of esters is 1. The van der Waals surface area contributed by atoms with E-state index in [1.165, 1.54) is 25.4 Å². The van der Waals surface area contributed by atoms with Gasteiger partial charge in [0, 0.05) is 18.8 Å². The number of hydrogen-bond donors (Lipinski definition) is 0. The van der Waals surface area contributed by atoms with E-state index in [1.54, 1.807) is 16.8 Å². The predicted octanol–water partition coefficient (Wildman–Crippen LogP) is 2.53. The number of anilines is 1. The lowest BCUT2D eigenvalue weighted by Gasteiger charge is -2.14. The normalized spacial score (nSPS) is 10.5. The summed E-state index contributed by atoms with van der Waals surface area (Å²) >= 11 is 2.76. The van der Waals surface area contributed by atoms with Gasteiger partial charge in [0.15, 0.2) is 16.6 Å². The number of methoxy groups -OCH3 is 1. The molecular weight excluding hydrogens is 310 g/mol. The average Bonchev–Trinajstić information content (AvgIpc) is 3.05. The molecule has 0 spiro atoms. The summed E-state index contributed by atoms with van der Waals surface area (Å²) in [5.74, 6) is -0.786. The van der Waals surface area contributed by atoms with Crippen LogP contribution < -0.4 is 4.90 Å². The first-order chi connectivity index (χ1) is 9.93. The second-order valence-corrected chi connectivity index (χ2v) is 6.36. The molecule has 21 heavy (non-hydrogen) atoms. The van der Waals surface area contributed by atoms with Crippen molar-refractivity contribution in [1.82, 2.24) is 9.97 Å². The summed E-state index contributed by atoms with van der Waals surface area (Å²) in [6.45, 7) is 3.99. The molecule has 2 heterocycles. The van der Waals surface area contributed by atoms with Crippen molar-refractivity contribution >= 4 is 39.6 Å². The Kier molecular flexibility index (Phi) is 4.69. The Morgan fingerprint density at radius 2 is 2.14 bits per heavy atom. The average molecular weight is 325 g/mol. The van der Waals surface area contributed by atoms with E-state index >= 15 is 0 Å². The van der Waals surface area contributed by atoms with Crippen LogP contribution in [0, 0.1) is 6.92 Å². The number of carbonyl (C=O) groups is 2. The van der Waals surface area contributed by atoms with Gasteiger partial charge in [0.2, 0.25) is 0 Å². The van der Waals surface area contributed by atoms with Crippen LogP contribution in [0.3, 0.4) is 0 Å². The van der Waals surface area contributed by atoms with Crippen LogP contribution in [-0.2, 0) is 11.3 Å². The Balaban J connectivity index is 2.29. The smallest absolute Gasteiger partial charge is 0.358 e. The molecule has 0 fully saturated rings. The highest BCUT2D eigenvalue weighted by atomic mass is 32.1. The van der Waals surface area contributed by atoms with E-state index in [9.17, 15) is 9.59 Å². The Morgan fingerprint density at radius 3 is 2.67 bits per heavy atom. The molecule has 8 heteroatoms. The van der Waals surface area contributed by atoms with Crippen LogP contribution in [-0.4, -0.2) is 35.9 Å². The third-order valence-electron chi connectivity index (χ3n) is 2.87. The molecule has 0 N–H and O–H groups in total. The molecule has 0 bridgehead atoms. The second-order valence-electron chi connectivity index (χ2n) is 4.44. The highest BCUT2D eigenvalue weighted by Crippen LogP contribution is 2.28. The lowest BCUT2D eigenvalue weighted by atomic mass is 10.3. The van der Waals surface area contributed by atoms with Crippen LogP contribution in [0.15, 0.2) is 5.51 Å². The molecule has 2 rings (SSSR count). The lowest BCUT2D eigenvalue weighted by Crippen LogP contribution is -2.16. The number of rotatable bonds is 5. The van der Waals surface area contributed by atoms with Crippen LogP contribution in [0.4, 0.5) is 5.13 Å². The first-order valence-electron chi connectivity index (χ1n) is 6.14. The minimum Gasteiger partial charge on any atom is -0.464 e. The lowest BCUT2D eigenvalue weighted by molar-refractivity contribution is 0.0591. The predicted molar refractivity (Wildman–Crippen MR) is 82.4 cm³/mol. The van der Waals surface area contributed by atoms with Crippen LogP contribution in [0.5, 0.6) is 0 Å². The fourth-order valence-corrected chi connectivity index (χ4v) is 3.45. The summed E-state index contributed by atoms with van der Waals surface area (Å²) in [5, 5.41) is 0.605. The van der Waals surface area contributed by atoms with Crippen molar-refractivity contribution < 1.29 is 14.3 Å². The molecule has 0 atom stereocenters. The number of ketones is 1. The van der Waals surface area contributed by atoms with E-state index in [1.807, 2.05) is 18.9 Å². The molecule has 0 aromatic carbocycles. The van der Waals surface area contributed by atoms with Gasteiger partial charge < -0.3 is 9.64 Å². The number of hydrogen-bond acceptors (Lipinski definition) is 8. The van der Waals surface area contributed by atoms with Gasteiger partial charge in [-0.25, -0.2) is 14.8 Å². The molecule has 0 saturated carbocycles. The maximum absolute atomic E-state index is 11.7. The van der Waals surface area contributed by atoms with Crippen molar-refractivity contribution in [2.75, 3.05) is 19.1 Å². The molecule has 6 nitrogen and oxygen atoms in total. The fraction of sp³-hybridized carbons (Fsp3) is 0.385. The molecule has 2 aromatic heterocycles. The fourth-order valence-electron chi connectivity index (χ4n) is 1.71. The highest BCUT2D eigenvalue weighted by molar-refractivity contribution is 7.17. The minimum atomic E-state index is -0.593. The number of nitrogens with zero attached hydrogens (tertiary/aromatic N) is 3. The zero-order valence-corrected chi connectivity index (χ0v) is 13.8. The summed E-state index contributed by atoms with van der Waals surface area (Å²) in [6.07, 6.45) is 0. The Bertz CT molecular complexity index is 678. The van der Waals surface area contributed by atoms with Gasteiger partial charge >= 0.3 is 5.97 Å². The van der Waals surface area contributed by atoms with E-state index in [0.717, 1.165) is 10.6 Å². The van der Waals surface area contributed by atoms with Gasteiger partial charge in [0.1, 0.15) is 4.88 Å². The molecule has 112 valence electrons. The highest BCUT2D eigenvalue weighted by Gasteiger charge is 2.23. The van der Waals surface area contributed by atoms with E-state index in [0.29, 0.717) is 16.6 Å². The van der Waals surface area contributed by atoms with Crippen molar-refractivity contribution in [2.45, 2.75) is 20.4 Å². The summed E-state index contributed by atoms with van der Waals surface area (Å²) in [6, 6.07) is 0. The van der Waals surface area contributed by atoms with Gasteiger partial charge in [-0.05, 0) is 6.92 Å². The van der Waals surface area contributed by atoms with Gasteiger partial charge in [0.25, 0.3) is 0 Å². The largest absolute Gasteiger partial charge is 0.464 e. The van der Waals surface area contributed by atoms with E-state index < -0.39 is 5.97 Å². The first-order valence-corrected chi connectivity index (χ1v) is 7.83. The van der Waals surface area contributed by atoms with E-state index in [-0.39, 0.29) is 11.5 Å². The minimum absolute atomic E-state index is 0.0814. The molecule has 0 saturated heterocycles. The number of thiazole rings is 2. The monoisotopic (exact) mass is 325 g/mol. The van der Waals surface area contributed by atoms with E-state index in [2.05, 4.69) is 14.7 Å². The van der Waals surface area contributed by atoms with Crippen molar-refractivity contribution in [3.8, 4) is 0 Å². The molecule has 2 aromatic rings. The van der Waals surface area contributed by atoms with Gasteiger partial charge in [-0.1, -0.05) is 11.3 Å². The van der Waals surface area contributed by atoms with Crippen molar-refractivity contribution in [2.24, 2.45) is 0 Å². The van der Waals surface area contributed by atoms with Crippen LogP contribution in [0.2, 0.25) is 0 Å². The molecule has 0 aliphatic carbocycles. The summed E-state index contributed by atoms with van der Waals surface area (Å²) in [5.41, 5.74) is 2.85. The number of aryl methyl sites for hydroxylation is 1. The van der Waals surface area contributed by atoms with Gasteiger partial charge in [-0.15, -0.1) is 11.3 Å². The van der Waals surface area contributed by atoms with Gasteiger partial charge in [-0.2, -0.15) is 0 Å².